The smallest absolute Gasteiger partial charge is 0.305 e. The molecule has 108 valence electrons. The Morgan fingerprint density at radius 2 is 2.00 bits per heavy atom. The van der Waals surface area contributed by atoms with Gasteiger partial charge in [-0.15, -0.1) is 0 Å². The maximum Gasteiger partial charge on any atom is 0.305 e. The van der Waals surface area contributed by atoms with E-state index >= 15 is 0 Å². The van der Waals surface area contributed by atoms with Crippen LogP contribution in [0.5, 0.6) is 0 Å². The molecular formula is C14H17ClN2O3. The highest BCUT2D eigenvalue weighted by Crippen LogP contribution is 2.37. The number of hydrogen-bond acceptors (Lipinski definition) is 3. The molecule has 2 rings (SSSR count). The first-order chi connectivity index (χ1) is 9.42. The molecule has 1 aromatic carbocycles. The molecule has 0 aliphatic heterocycles. The van der Waals surface area contributed by atoms with Crippen molar-refractivity contribution in [1.29, 1.82) is 0 Å². The number of anilines is 1. The molecule has 0 aromatic heterocycles. The van der Waals surface area contributed by atoms with Gasteiger partial charge in [-0.2, -0.15) is 0 Å². The molecular weight excluding hydrogens is 280 g/mol. The number of carbonyl (C=O) groups excluding carboxylic acids is 1. The van der Waals surface area contributed by atoms with Gasteiger partial charge in [0.1, 0.15) is 0 Å². The fourth-order valence-corrected chi connectivity index (χ4v) is 2.97. The zero-order valence-electron chi connectivity index (χ0n) is 11.0. The van der Waals surface area contributed by atoms with Crippen LogP contribution in [0, 0.1) is 0 Å². The minimum Gasteiger partial charge on any atom is -0.481 e. The van der Waals surface area contributed by atoms with Gasteiger partial charge in [0.25, 0.3) is 5.91 Å². The second-order valence-electron chi connectivity index (χ2n) is 5.24. The molecule has 1 aromatic rings. The van der Waals surface area contributed by atoms with Crippen LogP contribution < -0.4 is 11.1 Å². The number of primary amides is 1. The minimum absolute atomic E-state index is 0.0217. The molecule has 0 radical (unpaired) electrons. The van der Waals surface area contributed by atoms with Crippen LogP contribution in [0.3, 0.4) is 0 Å². The number of halogens is 1. The van der Waals surface area contributed by atoms with Gasteiger partial charge in [-0.3, -0.25) is 9.59 Å². The average molecular weight is 297 g/mol. The molecule has 4 N–H and O–H groups in total. The molecule has 0 unspecified atom stereocenters. The number of aliphatic carboxylic acids is 1. The number of nitrogens with two attached hydrogens (primary N) is 1. The highest BCUT2D eigenvalue weighted by molar-refractivity contribution is 6.31. The van der Waals surface area contributed by atoms with Crippen molar-refractivity contribution in [2.75, 3.05) is 5.32 Å². The van der Waals surface area contributed by atoms with Crippen LogP contribution in [-0.2, 0) is 4.79 Å². The molecule has 20 heavy (non-hydrogen) atoms. The minimum atomic E-state index is -0.853. The standard InChI is InChI=1S/C14H17ClN2O3/c15-9-3-4-11(10(7-9)13(16)20)17-14(8-12(18)19)5-1-2-6-14/h3-4,7,17H,1-2,5-6,8H2,(H2,16,20)(H,18,19). The molecule has 1 fully saturated rings. The van der Waals surface area contributed by atoms with Crippen LogP contribution in [0.4, 0.5) is 5.69 Å². The van der Waals surface area contributed by atoms with Crippen molar-refractivity contribution in [3.63, 3.8) is 0 Å². The number of carbonyl (C=O) groups is 2. The Morgan fingerprint density at radius 1 is 1.35 bits per heavy atom. The Bertz CT molecular complexity index is 539. The van der Waals surface area contributed by atoms with Crippen molar-refractivity contribution >= 4 is 29.2 Å². The van der Waals surface area contributed by atoms with E-state index in [1.165, 1.54) is 6.07 Å². The largest absolute Gasteiger partial charge is 0.481 e. The van der Waals surface area contributed by atoms with Crippen molar-refractivity contribution in [1.82, 2.24) is 0 Å². The number of benzene rings is 1. The van der Waals surface area contributed by atoms with Crippen LogP contribution in [0.15, 0.2) is 18.2 Å². The van der Waals surface area contributed by atoms with Gasteiger partial charge in [0.15, 0.2) is 0 Å². The zero-order chi connectivity index (χ0) is 14.8. The van der Waals surface area contributed by atoms with Gasteiger partial charge in [-0.05, 0) is 31.0 Å². The van der Waals surface area contributed by atoms with Crippen LogP contribution in [0.2, 0.25) is 5.02 Å². The summed E-state index contributed by atoms with van der Waals surface area (Å²) in [6, 6.07) is 4.82. The first-order valence-corrected chi connectivity index (χ1v) is 6.89. The van der Waals surface area contributed by atoms with E-state index < -0.39 is 17.4 Å². The zero-order valence-corrected chi connectivity index (χ0v) is 11.7. The first kappa shape index (κ1) is 14.7. The molecule has 0 spiro atoms. The van der Waals surface area contributed by atoms with Gasteiger partial charge in [-0.25, -0.2) is 0 Å². The first-order valence-electron chi connectivity index (χ1n) is 6.51. The highest BCUT2D eigenvalue weighted by Gasteiger charge is 2.36. The lowest BCUT2D eigenvalue weighted by Gasteiger charge is -2.30. The van der Waals surface area contributed by atoms with Crippen molar-refractivity contribution < 1.29 is 14.7 Å². The van der Waals surface area contributed by atoms with E-state index in [1.807, 2.05) is 0 Å². The van der Waals surface area contributed by atoms with Gasteiger partial charge in [0.2, 0.25) is 0 Å². The number of hydrogen-bond donors (Lipinski definition) is 3. The second kappa shape index (κ2) is 5.71. The Kier molecular flexibility index (Phi) is 4.18. The maximum absolute atomic E-state index is 11.5. The Labute approximate surface area is 122 Å². The second-order valence-corrected chi connectivity index (χ2v) is 5.67. The third-order valence-corrected chi connectivity index (χ3v) is 3.93. The van der Waals surface area contributed by atoms with E-state index in [4.69, 9.17) is 22.4 Å². The quantitative estimate of drug-likeness (QED) is 0.779. The van der Waals surface area contributed by atoms with Crippen molar-refractivity contribution in [3.05, 3.63) is 28.8 Å². The van der Waals surface area contributed by atoms with Gasteiger partial charge >= 0.3 is 5.97 Å². The lowest BCUT2D eigenvalue weighted by atomic mass is 9.92. The predicted molar refractivity (Wildman–Crippen MR) is 77.0 cm³/mol. The van der Waals surface area contributed by atoms with Crippen LogP contribution in [0.25, 0.3) is 0 Å². The van der Waals surface area contributed by atoms with Crippen LogP contribution >= 0.6 is 11.6 Å². The summed E-state index contributed by atoms with van der Waals surface area (Å²) >= 11 is 5.87. The summed E-state index contributed by atoms with van der Waals surface area (Å²) in [5, 5.41) is 12.7. The number of carboxylic acids is 1. The van der Waals surface area contributed by atoms with E-state index in [9.17, 15) is 9.59 Å². The molecule has 0 saturated heterocycles. The van der Waals surface area contributed by atoms with E-state index in [0.717, 1.165) is 25.7 Å². The summed E-state index contributed by atoms with van der Waals surface area (Å²) in [5.41, 5.74) is 5.67. The molecule has 1 amide bonds. The molecule has 6 heteroatoms. The summed E-state index contributed by atoms with van der Waals surface area (Å²) in [4.78, 5) is 22.6. The monoisotopic (exact) mass is 296 g/mol. The van der Waals surface area contributed by atoms with E-state index in [-0.39, 0.29) is 12.0 Å². The van der Waals surface area contributed by atoms with Crippen molar-refractivity contribution in [2.45, 2.75) is 37.6 Å². The molecule has 1 aliphatic carbocycles. The third-order valence-electron chi connectivity index (χ3n) is 3.70. The van der Waals surface area contributed by atoms with E-state index in [0.29, 0.717) is 10.7 Å². The van der Waals surface area contributed by atoms with Gasteiger partial charge in [0.05, 0.1) is 12.0 Å². The average Bonchev–Trinajstić information content (AvgIpc) is 2.78. The topological polar surface area (TPSA) is 92.4 Å². The molecule has 1 saturated carbocycles. The fraction of sp³-hybridized carbons (Fsp3) is 0.429. The van der Waals surface area contributed by atoms with E-state index in [1.54, 1.807) is 12.1 Å². The number of rotatable bonds is 5. The summed E-state index contributed by atoms with van der Waals surface area (Å²) in [6.07, 6.45) is 3.49. The normalized spacial score (nSPS) is 16.9. The Morgan fingerprint density at radius 3 is 2.55 bits per heavy atom. The number of carboxylic acid groups (broad SMARTS) is 1. The fourth-order valence-electron chi connectivity index (χ4n) is 2.80. The Hall–Kier alpha value is -1.75. The predicted octanol–water partition coefficient (Wildman–Crippen LogP) is 2.64. The summed E-state index contributed by atoms with van der Waals surface area (Å²) < 4.78 is 0. The molecule has 1 aliphatic rings. The van der Waals surface area contributed by atoms with Crippen LogP contribution in [-0.4, -0.2) is 22.5 Å². The number of amides is 1. The van der Waals surface area contributed by atoms with Gasteiger partial charge in [0, 0.05) is 16.2 Å². The lowest BCUT2D eigenvalue weighted by Crippen LogP contribution is -2.38. The SMILES string of the molecule is NC(=O)c1cc(Cl)ccc1NC1(CC(=O)O)CCCC1. The summed E-state index contributed by atoms with van der Waals surface area (Å²) in [6.45, 7) is 0. The third kappa shape index (κ3) is 3.22. The number of nitrogens with one attached hydrogen (secondary N) is 1. The van der Waals surface area contributed by atoms with Crippen LogP contribution in [0.1, 0.15) is 42.5 Å². The van der Waals surface area contributed by atoms with Gasteiger partial charge in [-0.1, -0.05) is 24.4 Å². The van der Waals surface area contributed by atoms with Gasteiger partial charge < -0.3 is 16.2 Å². The summed E-state index contributed by atoms with van der Waals surface area (Å²) in [5.74, 6) is -1.44. The highest BCUT2D eigenvalue weighted by atomic mass is 35.5. The molecule has 5 nitrogen and oxygen atoms in total. The molecule has 0 atom stereocenters. The van der Waals surface area contributed by atoms with Crippen molar-refractivity contribution in [3.8, 4) is 0 Å². The Balaban J connectivity index is 2.31. The molecule has 0 heterocycles. The molecule has 0 bridgehead atoms. The summed E-state index contributed by atoms with van der Waals surface area (Å²) in [7, 11) is 0. The lowest BCUT2D eigenvalue weighted by molar-refractivity contribution is -0.138. The van der Waals surface area contributed by atoms with Crippen molar-refractivity contribution in [2.24, 2.45) is 5.73 Å². The maximum atomic E-state index is 11.5. The van der Waals surface area contributed by atoms with E-state index in [2.05, 4.69) is 5.32 Å².